The molecule has 0 aliphatic rings. The van der Waals surface area contributed by atoms with Gasteiger partial charge in [0, 0.05) is 17.8 Å². The second-order valence-electron chi connectivity index (χ2n) is 6.04. The largest absolute Gasteiger partial charge is 0.484 e. The van der Waals surface area contributed by atoms with Gasteiger partial charge in [0.05, 0.1) is 0 Å². The van der Waals surface area contributed by atoms with Crippen LogP contribution in [0.2, 0.25) is 0 Å². The Morgan fingerprint density at radius 2 is 1.54 bits per heavy atom. The molecule has 0 unspecified atom stereocenters. The van der Waals surface area contributed by atoms with E-state index in [2.05, 4.69) is 10.6 Å². The fourth-order valence-corrected chi connectivity index (χ4v) is 2.46. The molecule has 2 amide bonds. The summed E-state index contributed by atoms with van der Waals surface area (Å²) in [7, 11) is 0. The fourth-order valence-electron chi connectivity index (χ4n) is 2.46. The molecule has 0 aliphatic carbocycles. The van der Waals surface area contributed by atoms with Gasteiger partial charge in [-0.15, -0.1) is 0 Å². The zero-order valence-corrected chi connectivity index (χ0v) is 15.0. The van der Waals surface area contributed by atoms with Crippen molar-refractivity contribution in [1.82, 2.24) is 5.32 Å². The average molecular weight is 378 g/mol. The molecule has 3 rings (SSSR count). The van der Waals surface area contributed by atoms with Crippen molar-refractivity contribution < 1.29 is 18.7 Å². The van der Waals surface area contributed by atoms with Crippen molar-refractivity contribution >= 4 is 17.5 Å². The molecule has 28 heavy (non-hydrogen) atoms. The minimum Gasteiger partial charge on any atom is -0.484 e. The minimum absolute atomic E-state index is 0.190. The van der Waals surface area contributed by atoms with Gasteiger partial charge in [0.25, 0.3) is 11.8 Å². The topological polar surface area (TPSA) is 67.4 Å². The molecule has 0 bridgehead atoms. The van der Waals surface area contributed by atoms with Crippen molar-refractivity contribution in [1.29, 1.82) is 0 Å². The van der Waals surface area contributed by atoms with Crippen LogP contribution < -0.4 is 15.4 Å². The maximum atomic E-state index is 12.9. The SMILES string of the molecule is O=C(COc1ccc(C(=O)NCc2ccccc2)cc1)Nc1ccc(F)cc1. The van der Waals surface area contributed by atoms with Crippen LogP contribution in [0.3, 0.4) is 0 Å². The normalized spacial score (nSPS) is 10.2. The second-order valence-corrected chi connectivity index (χ2v) is 6.04. The predicted octanol–water partition coefficient (Wildman–Crippen LogP) is 3.77. The molecule has 0 spiro atoms. The Morgan fingerprint density at radius 3 is 2.21 bits per heavy atom. The first-order chi connectivity index (χ1) is 13.6. The number of hydrogen-bond acceptors (Lipinski definition) is 3. The van der Waals surface area contributed by atoms with E-state index < -0.39 is 0 Å². The van der Waals surface area contributed by atoms with E-state index in [4.69, 9.17) is 4.74 Å². The van der Waals surface area contributed by atoms with E-state index in [1.807, 2.05) is 30.3 Å². The third-order valence-corrected chi connectivity index (χ3v) is 3.91. The van der Waals surface area contributed by atoms with Crippen molar-refractivity contribution in [2.24, 2.45) is 0 Å². The first-order valence-corrected chi connectivity index (χ1v) is 8.70. The average Bonchev–Trinajstić information content (AvgIpc) is 2.73. The summed E-state index contributed by atoms with van der Waals surface area (Å²) in [6.07, 6.45) is 0. The number of carbonyl (C=O) groups is 2. The van der Waals surface area contributed by atoms with Gasteiger partial charge in [-0.3, -0.25) is 9.59 Å². The number of rotatable bonds is 7. The summed E-state index contributed by atoms with van der Waals surface area (Å²) in [6, 6.07) is 21.6. The summed E-state index contributed by atoms with van der Waals surface area (Å²) >= 11 is 0. The Bertz CT molecular complexity index is 926. The van der Waals surface area contributed by atoms with Crippen LogP contribution in [0.1, 0.15) is 15.9 Å². The zero-order valence-electron chi connectivity index (χ0n) is 15.0. The highest BCUT2D eigenvalue weighted by Gasteiger charge is 2.07. The molecule has 0 radical (unpaired) electrons. The smallest absolute Gasteiger partial charge is 0.262 e. The quantitative estimate of drug-likeness (QED) is 0.658. The van der Waals surface area contributed by atoms with E-state index in [1.54, 1.807) is 24.3 Å². The van der Waals surface area contributed by atoms with E-state index in [0.717, 1.165) is 5.56 Å². The van der Waals surface area contributed by atoms with Gasteiger partial charge >= 0.3 is 0 Å². The number of amides is 2. The van der Waals surface area contributed by atoms with Gasteiger partial charge < -0.3 is 15.4 Å². The molecular weight excluding hydrogens is 359 g/mol. The van der Waals surface area contributed by atoms with Crippen LogP contribution in [0.15, 0.2) is 78.9 Å². The third kappa shape index (κ3) is 5.67. The van der Waals surface area contributed by atoms with Crippen LogP contribution in [0.5, 0.6) is 5.75 Å². The van der Waals surface area contributed by atoms with E-state index in [9.17, 15) is 14.0 Å². The van der Waals surface area contributed by atoms with Crippen LogP contribution in [0.4, 0.5) is 10.1 Å². The molecule has 0 saturated heterocycles. The van der Waals surface area contributed by atoms with Gasteiger partial charge in [0.15, 0.2) is 6.61 Å². The Labute approximate surface area is 162 Å². The highest BCUT2D eigenvalue weighted by Crippen LogP contribution is 2.13. The minimum atomic E-state index is -0.373. The molecular formula is C22H19FN2O3. The summed E-state index contributed by atoms with van der Waals surface area (Å²) in [6.45, 7) is 0.248. The maximum absolute atomic E-state index is 12.9. The van der Waals surface area contributed by atoms with Crippen LogP contribution in [-0.4, -0.2) is 18.4 Å². The fraction of sp³-hybridized carbons (Fsp3) is 0.0909. The highest BCUT2D eigenvalue weighted by atomic mass is 19.1. The van der Waals surface area contributed by atoms with Gasteiger partial charge in [-0.1, -0.05) is 30.3 Å². The summed E-state index contributed by atoms with van der Waals surface area (Å²) in [5, 5.41) is 5.45. The lowest BCUT2D eigenvalue weighted by Crippen LogP contribution is -2.22. The van der Waals surface area contributed by atoms with E-state index >= 15 is 0 Å². The lowest BCUT2D eigenvalue weighted by Gasteiger charge is -2.09. The predicted molar refractivity (Wildman–Crippen MR) is 105 cm³/mol. The van der Waals surface area contributed by atoms with Crippen molar-refractivity contribution in [2.75, 3.05) is 11.9 Å². The number of nitrogens with one attached hydrogen (secondary N) is 2. The second kappa shape index (κ2) is 9.32. The first-order valence-electron chi connectivity index (χ1n) is 8.70. The molecule has 6 heteroatoms. The van der Waals surface area contributed by atoms with E-state index in [-0.39, 0.29) is 24.2 Å². The first kappa shape index (κ1) is 19.1. The van der Waals surface area contributed by atoms with Crippen LogP contribution in [0.25, 0.3) is 0 Å². The Balaban J connectivity index is 1.46. The summed E-state index contributed by atoms with van der Waals surface area (Å²) in [4.78, 5) is 24.1. The number of hydrogen-bond donors (Lipinski definition) is 2. The number of ether oxygens (including phenoxy) is 1. The lowest BCUT2D eigenvalue weighted by molar-refractivity contribution is -0.118. The van der Waals surface area contributed by atoms with Crippen LogP contribution in [0, 0.1) is 5.82 Å². The van der Waals surface area contributed by atoms with E-state index in [1.165, 1.54) is 24.3 Å². The molecule has 0 atom stereocenters. The molecule has 5 nitrogen and oxygen atoms in total. The molecule has 0 aromatic heterocycles. The van der Waals surface area contributed by atoms with Gasteiger partial charge in [0.2, 0.25) is 0 Å². The number of anilines is 1. The Kier molecular flexibility index (Phi) is 6.36. The van der Waals surface area contributed by atoms with E-state index in [0.29, 0.717) is 23.5 Å². The van der Waals surface area contributed by atoms with Crippen molar-refractivity contribution in [3.63, 3.8) is 0 Å². The highest BCUT2D eigenvalue weighted by molar-refractivity contribution is 5.94. The van der Waals surface area contributed by atoms with Gasteiger partial charge in [-0.25, -0.2) is 4.39 Å². The summed E-state index contributed by atoms with van der Waals surface area (Å²) < 4.78 is 18.3. The van der Waals surface area contributed by atoms with Gasteiger partial charge in [-0.2, -0.15) is 0 Å². The standard InChI is InChI=1S/C22H19FN2O3/c23-18-8-10-19(11-9-18)25-21(26)15-28-20-12-6-17(7-13-20)22(27)24-14-16-4-2-1-3-5-16/h1-13H,14-15H2,(H,24,27)(H,25,26). The summed E-state index contributed by atoms with van der Waals surface area (Å²) in [5.74, 6) is -0.461. The van der Waals surface area contributed by atoms with Crippen molar-refractivity contribution in [3.8, 4) is 5.75 Å². The molecule has 2 N–H and O–H groups in total. The number of halogens is 1. The molecule has 0 saturated carbocycles. The molecule has 3 aromatic rings. The Hall–Kier alpha value is -3.67. The molecule has 0 fully saturated rings. The molecule has 0 aliphatic heterocycles. The van der Waals surface area contributed by atoms with Gasteiger partial charge in [-0.05, 0) is 54.1 Å². The number of benzene rings is 3. The van der Waals surface area contributed by atoms with Crippen molar-refractivity contribution in [3.05, 3.63) is 95.8 Å². The van der Waals surface area contributed by atoms with Gasteiger partial charge in [0.1, 0.15) is 11.6 Å². The Morgan fingerprint density at radius 1 is 0.857 bits per heavy atom. The van der Waals surface area contributed by atoms with Crippen LogP contribution in [-0.2, 0) is 11.3 Å². The lowest BCUT2D eigenvalue weighted by atomic mass is 10.2. The maximum Gasteiger partial charge on any atom is 0.262 e. The summed E-state index contributed by atoms with van der Waals surface area (Å²) in [5.41, 5.74) is 2.00. The molecule has 0 heterocycles. The third-order valence-electron chi connectivity index (χ3n) is 3.91. The van der Waals surface area contributed by atoms with Crippen molar-refractivity contribution in [2.45, 2.75) is 6.54 Å². The monoisotopic (exact) mass is 378 g/mol. The molecule has 142 valence electrons. The molecule has 3 aromatic carbocycles. The zero-order chi connectivity index (χ0) is 19.8. The van der Waals surface area contributed by atoms with Crippen LogP contribution >= 0.6 is 0 Å². The number of carbonyl (C=O) groups excluding carboxylic acids is 2.